The van der Waals surface area contributed by atoms with Crippen molar-refractivity contribution in [2.45, 2.75) is 71.8 Å². The third-order valence-electron chi connectivity index (χ3n) is 5.36. The van der Waals surface area contributed by atoms with Gasteiger partial charge in [0, 0.05) is 18.3 Å². The quantitative estimate of drug-likeness (QED) is 0.376. The first kappa shape index (κ1) is 29.0. The molecule has 8 nitrogen and oxygen atoms in total. The summed E-state index contributed by atoms with van der Waals surface area (Å²) in [7, 11) is 0. The van der Waals surface area contributed by atoms with Gasteiger partial charge in [-0.15, -0.1) is 0 Å². The van der Waals surface area contributed by atoms with Gasteiger partial charge in [0.1, 0.15) is 23.4 Å². The molecule has 2 rings (SSSR count). The highest BCUT2D eigenvalue weighted by molar-refractivity contribution is 7.80. The molecule has 196 valence electrons. The molecule has 0 fully saturated rings. The third kappa shape index (κ3) is 8.19. The number of phenols is 1. The third-order valence-corrected chi connectivity index (χ3v) is 5.72. The van der Waals surface area contributed by atoms with E-state index in [4.69, 9.17) is 4.74 Å². The number of phenolic OH excluding ortho intramolecular Hbond substituents is 1. The Morgan fingerprint density at radius 1 is 1.08 bits per heavy atom. The average Bonchev–Trinajstić information content (AvgIpc) is 2.80. The molecule has 9 heteroatoms. The molecule has 36 heavy (non-hydrogen) atoms. The minimum Gasteiger partial charge on any atom is -0.508 e. The van der Waals surface area contributed by atoms with Crippen molar-refractivity contribution < 1.29 is 24.2 Å². The molecule has 0 spiro atoms. The van der Waals surface area contributed by atoms with E-state index in [9.17, 15) is 19.5 Å². The number of benzene rings is 2. The number of aryl methyl sites for hydroxylation is 1. The fourth-order valence-corrected chi connectivity index (χ4v) is 3.91. The lowest BCUT2D eigenvalue weighted by Gasteiger charge is -2.37. The summed E-state index contributed by atoms with van der Waals surface area (Å²) in [5, 5.41) is 15.5. The fourth-order valence-electron chi connectivity index (χ4n) is 3.66. The molecule has 2 aromatic rings. The number of carbonyl (C=O) groups is 3. The Morgan fingerprint density at radius 2 is 1.72 bits per heavy atom. The zero-order valence-electron chi connectivity index (χ0n) is 21.7. The maximum absolute atomic E-state index is 13.7. The maximum atomic E-state index is 13.7. The van der Waals surface area contributed by atoms with E-state index in [-0.39, 0.29) is 24.0 Å². The van der Waals surface area contributed by atoms with E-state index >= 15 is 0 Å². The molecule has 2 aromatic carbocycles. The van der Waals surface area contributed by atoms with Crippen molar-refractivity contribution in [3.05, 3.63) is 65.2 Å². The highest BCUT2D eigenvalue weighted by Gasteiger charge is 2.37. The lowest BCUT2D eigenvalue weighted by Crippen LogP contribution is -2.55. The number of aromatic hydroxyl groups is 1. The molecule has 0 saturated carbocycles. The van der Waals surface area contributed by atoms with Gasteiger partial charge in [0.15, 0.2) is 0 Å². The van der Waals surface area contributed by atoms with Gasteiger partial charge in [-0.2, -0.15) is 12.6 Å². The van der Waals surface area contributed by atoms with Gasteiger partial charge in [-0.25, -0.2) is 4.79 Å². The van der Waals surface area contributed by atoms with Crippen molar-refractivity contribution in [2.24, 2.45) is 0 Å². The number of ether oxygens (including phenoxy) is 1. The second-order valence-corrected chi connectivity index (χ2v) is 10.2. The van der Waals surface area contributed by atoms with Crippen molar-refractivity contribution in [1.82, 2.24) is 15.5 Å². The Labute approximate surface area is 218 Å². The lowest BCUT2D eigenvalue weighted by atomic mass is 9.99. The zero-order valence-corrected chi connectivity index (χ0v) is 22.6. The second-order valence-electron chi connectivity index (χ2n) is 9.87. The van der Waals surface area contributed by atoms with Gasteiger partial charge in [0.25, 0.3) is 0 Å². The molecule has 2 unspecified atom stereocenters. The van der Waals surface area contributed by atoms with Crippen molar-refractivity contribution in [3.8, 4) is 5.75 Å². The summed E-state index contributed by atoms with van der Waals surface area (Å²) in [4.78, 5) is 41.2. The van der Waals surface area contributed by atoms with Crippen LogP contribution in [0.1, 0.15) is 57.4 Å². The van der Waals surface area contributed by atoms with Crippen molar-refractivity contribution in [2.75, 3.05) is 5.75 Å². The first-order chi connectivity index (χ1) is 16.8. The van der Waals surface area contributed by atoms with Gasteiger partial charge >= 0.3 is 6.09 Å². The number of thiol groups is 1. The second kappa shape index (κ2) is 12.7. The Morgan fingerprint density at radius 3 is 2.25 bits per heavy atom. The summed E-state index contributed by atoms with van der Waals surface area (Å²) in [6.07, 6.45) is -0.746. The van der Waals surface area contributed by atoms with Gasteiger partial charge in [-0.1, -0.05) is 36.4 Å². The minimum absolute atomic E-state index is 0.00819. The van der Waals surface area contributed by atoms with Gasteiger partial charge in [-0.05, 0) is 70.4 Å². The van der Waals surface area contributed by atoms with Crippen LogP contribution in [-0.2, 0) is 20.9 Å². The average molecular weight is 516 g/mol. The summed E-state index contributed by atoms with van der Waals surface area (Å²) < 4.78 is 5.31. The highest BCUT2D eigenvalue weighted by atomic mass is 32.1. The predicted octanol–water partition coefficient (Wildman–Crippen LogP) is 4.12. The number of carbonyl (C=O) groups excluding carboxylic acids is 3. The van der Waals surface area contributed by atoms with Gasteiger partial charge in [0.05, 0.1) is 0 Å². The van der Waals surface area contributed by atoms with E-state index in [0.717, 1.165) is 5.56 Å². The van der Waals surface area contributed by atoms with Gasteiger partial charge in [0.2, 0.25) is 11.8 Å². The molecule has 0 bridgehead atoms. The number of amides is 3. The Hall–Kier alpha value is -3.20. The molecular formula is C27H37N3O5S. The van der Waals surface area contributed by atoms with Crippen molar-refractivity contribution in [1.29, 1.82) is 0 Å². The lowest BCUT2D eigenvalue weighted by molar-refractivity contribution is -0.144. The molecule has 0 radical (unpaired) electrons. The number of hydrogen-bond donors (Lipinski definition) is 4. The number of nitrogens with one attached hydrogen (secondary N) is 2. The summed E-state index contributed by atoms with van der Waals surface area (Å²) in [5.74, 6) is -0.768. The standard InChI is InChI=1S/C27H37N3O5S/c1-17(2)30(25(33)21(16-36)29-26(34)35-27(4,5)6)23(20-12-13-22(31)18(3)14-20)24(32)28-15-19-10-8-7-9-11-19/h7-14,17,21,23,31,36H,15-16H2,1-6H3,(H,28,32)(H,29,34). The monoisotopic (exact) mass is 515 g/mol. The van der Waals surface area contributed by atoms with Crippen molar-refractivity contribution >= 4 is 30.5 Å². The molecule has 0 aliphatic rings. The minimum atomic E-state index is -1.02. The summed E-state index contributed by atoms with van der Waals surface area (Å²) in [5.41, 5.74) is 1.28. The molecule has 0 aliphatic carbocycles. The van der Waals surface area contributed by atoms with Crippen LogP contribution in [0.25, 0.3) is 0 Å². The van der Waals surface area contributed by atoms with E-state index in [1.165, 1.54) is 11.0 Å². The van der Waals surface area contributed by atoms with Crippen LogP contribution in [0.2, 0.25) is 0 Å². The van der Waals surface area contributed by atoms with E-state index < -0.39 is 35.7 Å². The van der Waals surface area contributed by atoms with Crippen LogP contribution < -0.4 is 10.6 Å². The molecule has 3 N–H and O–H groups in total. The van der Waals surface area contributed by atoms with Crippen LogP contribution in [0.15, 0.2) is 48.5 Å². The number of rotatable bonds is 9. The molecule has 0 aromatic heterocycles. The van der Waals surface area contributed by atoms with Gasteiger partial charge in [-0.3, -0.25) is 9.59 Å². The highest BCUT2D eigenvalue weighted by Crippen LogP contribution is 2.28. The van der Waals surface area contributed by atoms with Gasteiger partial charge < -0.3 is 25.4 Å². The summed E-state index contributed by atoms with van der Waals surface area (Å²) in [6, 6.07) is 11.8. The Balaban J connectivity index is 2.42. The number of alkyl carbamates (subject to hydrolysis) is 1. The predicted molar refractivity (Wildman–Crippen MR) is 143 cm³/mol. The van der Waals surface area contributed by atoms with E-state index in [1.54, 1.807) is 53.7 Å². The molecule has 3 amide bonds. The van der Waals surface area contributed by atoms with Crippen LogP contribution in [0.4, 0.5) is 4.79 Å². The topological polar surface area (TPSA) is 108 Å². The summed E-state index contributed by atoms with van der Waals surface area (Å²) in [6.45, 7) is 10.8. The van der Waals surface area contributed by atoms with Crippen LogP contribution in [0.3, 0.4) is 0 Å². The molecule has 0 aliphatic heterocycles. The smallest absolute Gasteiger partial charge is 0.408 e. The SMILES string of the molecule is Cc1cc(C(C(=O)NCc2ccccc2)N(C(=O)C(CS)NC(=O)OC(C)(C)C)C(C)C)ccc1O. The van der Waals surface area contributed by atoms with Crippen LogP contribution in [-0.4, -0.2) is 51.4 Å². The van der Waals surface area contributed by atoms with E-state index in [1.807, 2.05) is 30.3 Å². The Bertz CT molecular complexity index is 1050. The van der Waals surface area contributed by atoms with Crippen LogP contribution >= 0.6 is 12.6 Å². The number of nitrogens with zero attached hydrogens (tertiary/aromatic N) is 1. The number of hydrogen-bond acceptors (Lipinski definition) is 6. The van der Waals surface area contributed by atoms with E-state index in [0.29, 0.717) is 11.1 Å². The Kier molecular flexibility index (Phi) is 10.2. The first-order valence-electron chi connectivity index (χ1n) is 11.9. The molecule has 0 saturated heterocycles. The maximum Gasteiger partial charge on any atom is 0.408 e. The first-order valence-corrected chi connectivity index (χ1v) is 12.5. The zero-order chi connectivity index (χ0) is 27.0. The van der Waals surface area contributed by atoms with Crippen LogP contribution in [0.5, 0.6) is 5.75 Å². The van der Waals surface area contributed by atoms with E-state index in [2.05, 4.69) is 23.3 Å². The molecule has 2 atom stereocenters. The van der Waals surface area contributed by atoms with Crippen molar-refractivity contribution in [3.63, 3.8) is 0 Å². The van der Waals surface area contributed by atoms with Crippen LogP contribution in [0, 0.1) is 6.92 Å². The summed E-state index contributed by atoms with van der Waals surface area (Å²) >= 11 is 4.28. The molecular weight excluding hydrogens is 478 g/mol. The fraction of sp³-hybridized carbons (Fsp3) is 0.444. The molecule has 0 heterocycles. The largest absolute Gasteiger partial charge is 0.508 e. The normalized spacial score (nSPS) is 13.0.